The van der Waals surface area contributed by atoms with Crippen molar-refractivity contribution in [2.24, 2.45) is 0 Å². The second kappa shape index (κ2) is 6.98. The van der Waals surface area contributed by atoms with Crippen LogP contribution in [0.2, 0.25) is 0 Å². The summed E-state index contributed by atoms with van der Waals surface area (Å²) in [5.74, 6) is 0.527. The van der Waals surface area contributed by atoms with Gasteiger partial charge in [-0.05, 0) is 0 Å². The van der Waals surface area contributed by atoms with Crippen LogP contribution in [0.25, 0.3) is 0 Å². The Kier molecular flexibility index (Phi) is 8.74. The Balaban J connectivity index is 0. The molecule has 3 heteroatoms. The fourth-order valence-electron chi connectivity index (χ4n) is 0.999. The fourth-order valence-corrected chi connectivity index (χ4v) is 0.999. The molecule has 0 aliphatic rings. The molecule has 0 saturated heterocycles. The van der Waals surface area contributed by atoms with Crippen LogP contribution in [0.1, 0.15) is 30.9 Å². The van der Waals surface area contributed by atoms with E-state index in [2.05, 4.69) is 31.1 Å². The summed E-state index contributed by atoms with van der Waals surface area (Å²) in [5, 5.41) is 0. The van der Waals surface area contributed by atoms with E-state index in [0.717, 1.165) is 5.56 Å². The molecule has 0 amide bonds. The molecule has 12 heavy (non-hydrogen) atoms. The molecular formula is C9H11NW2-2. The molecule has 1 rings (SSSR count). The van der Waals surface area contributed by atoms with Crippen molar-refractivity contribution >= 4 is 0 Å². The van der Waals surface area contributed by atoms with E-state index >= 15 is 0 Å². The average Bonchev–Trinajstić information content (AvgIpc) is 1.88. The van der Waals surface area contributed by atoms with Gasteiger partial charge in [0.1, 0.15) is 0 Å². The van der Waals surface area contributed by atoms with Gasteiger partial charge in [-0.3, -0.25) is 5.56 Å². The molecule has 0 fully saturated rings. The van der Waals surface area contributed by atoms with Gasteiger partial charge in [-0.15, -0.1) is 6.92 Å². The van der Waals surface area contributed by atoms with Crippen molar-refractivity contribution in [2.75, 3.05) is 0 Å². The average molecular weight is 501 g/mol. The van der Waals surface area contributed by atoms with E-state index in [-0.39, 0.29) is 42.1 Å². The molecule has 0 bridgehead atoms. The van der Waals surface area contributed by atoms with Gasteiger partial charge < -0.3 is 16.6 Å². The van der Waals surface area contributed by atoms with Crippen LogP contribution in [-0.4, -0.2) is 4.98 Å². The Labute approximate surface area is 103 Å². The van der Waals surface area contributed by atoms with E-state index in [0.29, 0.717) is 5.92 Å². The third-order valence-electron chi connectivity index (χ3n) is 1.50. The maximum atomic E-state index is 3.85. The van der Waals surface area contributed by atoms with Gasteiger partial charge in [0.05, 0.1) is 0 Å². The number of nitrogens with zero attached hydrogens (tertiary/aromatic N) is 1. The maximum absolute atomic E-state index is 3.85. The molecule has 1 aromatic heterocycles. The van der Waals surface area contributed by atoms with Crippen LogP contribution in [0.15, 0.2) is 6.20 Å². The van der Waals surface area contributed by atoms with E-state index in [4.69, 9.17) is 0 Å². The Morgan fingerprint density at radius 1 is 1.33 bits per heavy atom. The molecular weight excluding hydrogens is 490 g/mol. The van der Waals surface area contributed by atoms with Gasteiger partial charge in [-0.1, -0.05) is 19.8 Å². The second-order valence-electron chi connectivity index (χ2n) is 2.71. The SMILES string of the molecule is Cc1[c-]nc[c-]c1C(C)C.[W].[W]. The minimum absolute atomic E-state index is 0. The summed E-state index contributed by atoms with van der Waals surface area (Å²) < 4.78 is 0. The van der Waals surface area contributed by atoms with Crippen LogP contribution < -0.4 is 0 Å². The van der Waals surface area contributed by atoms with Crippen molar-refractivity contribution in [2.45, 2.75) is 26.7 Å². The van der Waals surface area contributed by atoms with E-state index in [1.165, 1.54) is 5.56 Å². The molecule has 66 valence electrons. The molecule has 1 aromatic rings. The summed E-state index contributed by atoms with van der Waals surface area (Å²) in [7, 11) is 0. The summed E-state index contributed by atoms with van der Waals surface area (Å²) in [6, 6.07) is 3.09. The quantitative estimate of drug-likeness (QED) is 0.538. The third-order valence-corrected chi connectivity index (χ3v) is 1.50. The molecule has 0 N–H and O–H groups in total. The first-order chi connectivity index (χ1) is 4.72. The van der Waals surface area contributed by atoms with Crippen molar-refractivity contribution in [1.82, 2.24) is 4.98 Å². The topological polar surface area (TPSA) is 12.9 Å². The zero-order chi connectivity index (χ0) is 7.56. The standard InChI is InChI=1S/C9H11N.2W/c1-7(2)9-4-5-10-6-8(9)3;;/h5,7H,1-3H3;;/q-2;;. The van der Waals surface area contributed by atoms with Crippen molar-refractivity contribution < 1.29 is 42.1 Å². The Morgan fingerprint density at radius 2 is 1.92 bits per heavy atom. The van der Waals surface area contributed by atoms with Crippen molar-refractivity contribution in [3.63, 3.8) is 0 Å². The molecule has 0 radical (unpaired) electrons. The third kappa shape index (κ3) is 3.96. The first-order valence-corrected chi connectivity index (χ1v) is 3.46. The maximum Gasteiger partial charge on any atom is 0 e. The summed E-state index contributed by atoms with van der Waals surface area (Å²) in [5.41, 5.74) is 2.33. The first-order valence-electron chi connectivity index (χ1n) is 3.46. The monoisotopic (exact) mass is 501 g/mol. The number of aromatic nitrogens is 1. The molecule has 0 unspecified atom stereocenters. The predicted molar refractivity (Wildman–Crippen MR) is 40.7 cm³/mol. The van der Waals surface area contributed by atoms with E-state index in [1.54, 1.807) is 6.20 Å². The number of hydrogen-bond donors (Lipinski definition) is 0. The smallest absolute Gasteiger partial charge is 0 e. The van der Waals surface area contributed by atoms with Gasteiger partial charge in [-0.2, -0.15) is 12.4 Å². The zero-order valence-electron chi connectivity index (χ0n) is 7.42. The van der Waals surface area contributed by atoms with E-state index in [9.17, 15) is 0 Å². The van der Waals surface area contributed by atoms with Crippen molar-refractivity contribution in [1.29, 1.82) is 0 Å². The van der Waals surface area contributed by atoms with Gasteiger partial charge in [0, 0.05) is 42.1 Å². The number of pyridine rings is 1. The van der Waals surface area contributed by atoms with Crippen LogP contribution in [0.5, 0.6) is 0 Å². The Hall–Kier alpha value is 0.527. The molecule has 0 saturated carbocycles. The van der Waals surface area contributed by atoms with E-state index in [1.807, 2.05) is 6.92 Å². The predicted octanol–water partition coefficient (Wildman–Crippen LogP) is 2.11. The molecule has 0 aromatic carbocycles. The number of hydrogen-bond acceptors (Lipinski definition) is 1. The molecule has 0 spiro atoms. The van der Waals surface area contributed by atoms with E-state index < -0.39 is 0 Å². The molecule has 0 aliphatic carbocycles. The van der Waals surface area contributed by atoms with Gasteiger partial charge >= 0.3 is 0 Å². The molecule has 1 nitrogen and oxygen atoms in total. The van der Waals surface area contributed by atoms with Gasteiger partial charge in [0.25, 0.3) is 0 Å². The Bertz CT molecular complexity index is 224. The minimum Gasteiger partial charge on any atom is -0.434 e. The van der Waals surface area contributed by atoms with Crippen LogP contribution in [0.3, 0.4) is 0 Å². The van der Waals surface area contributed by atoms with Gasteiger partial charge in [0.2, 0.25) is 0 Å². The van der Waals surface area contributed by atoms with Gasteiger partial charge in [0.15, 0.2) is 0 Å². The summed E-state index contributed by atoms with van der Waals surface area (Å²) in [4.78, 5) is 3.85. The zero-order valence-corrected chi connectivity index (χ0v) is 13.3. The van der Waals surface area contributed by atoms with Crippen LogP contribution in [0, 0.1) is 19.2 Å². The largest absolute Gasteiger partial charge is 0.434 e. The summed E-state index contributed by atoms with van der Waals surface area (Å²) in [6.07, 6.45) is 4.57. The normalized spacial score (nSPS) is 8.67. The van der Waals surface area contributed by atoms with Crippen LogP contribution >= 0.6 is 0 Å². The number of rotatable bonds is 1. The molecule has 0 atom stereocenters. The van der Waals surface area contributed by atoms with Crippen LogP contribution in [0.4, 0.5) is 0 Å². The molecule has 0 aliphatic heterocycles. The fraction of sp³-hybridized carbons (Fsp3) is 0.444. The molecule has 1 heterocycles. The first kappa shape index (κ1) is 15.0. The van der Waals surface area contributed by atoms with Crippen molar-refractivity contribution in [3.05, 3.63) is 29.6 Å². The number of aryl methyl sites for hydroxylation is 1. The van der Waals surface area contributed by atoms with Crippen LogP contribution in [-0.2, 0) is 42.1 Å². The Morgan fingerprint density at radius 3 is 2.25 bits per heavy atom. The minimum atomic E-state index is 0. The second-order valence-corrected chi connectivity index (χ2v) is 2.71. The summed E-state index contributed by atoms with van der Waals surface area (Å²) >= 11 is 0. The van der Waals surface area contributed by atoms with Crippen molar-refractivity contribution in [3.8, 4) is 0 Å². The van der Waals surface area contributed by atoms with Gasteiger partial charge in [-0.25, -0.2) is 0 Å². The summed E-state index contributed by atoms with van der Waals surface area (Å²) in [6.45, 7) is 6.30.